The molecule has 0 aromatic heterocycles. The van der Waals surface area contributed by atoms with Gasteiger partial charge < -0.3 is 5.73 Å². The van der Waals surface area contributed by atoms with Crippen molar-refractivity contribution >= 4 is 0 Å². The molecule has 100 valence electrons. The van der Waals surface area contributed by atoms with Crippen molar-refractivity contribution < 1.29 is 0 Å². The Hall–Kier alpha value is -0.820. The highest BCUT2D eigenvalue weighted by atomic mass is 14.7. The maximum absolute atomic E-state index is 6.65. The standard InChI is InChI=1S/C17H27N/c1-13-8-10-17(18,11-9-13)15-7-5-6-14(12-15)16(2,3)4/h5-7,12-13H,8-11,18H2,1-4H3. The van der Waals surface area contributed by atoms with Gasteiger partial charge in [0.1, 0.15) is 0 Å². The van der Waals surface area contributed by atoms with E-state index in [1.165, 1.54) is 24.0 Å². The summed E-state index contributed by atoms with van der Waals surface area (Å²) in [5.41, 5.74) is 9.50. The molecule has 0 radical (unpaired) electrons. The minimum absolute atomic E-state index is 0.0895. The SMILES string of the molecule is CC1CCC(N)(c2cccc(C(C)(C)C)c2)CC1. The number of rotatable bonds is 1. The third-order valence-electron chi connectivity index (χ3n) is 4.47. The molecule has 0 heterocycles. The summed E-state index contributed by atoms with van der Waals surface area (Å²) in [5.74, 6) is 0.840. The van der Waals surface area contributed by atoms with E-state index in [9.17, 15) is 0 Å². The summed E-state index contributed by atoms with van der Waals surface area (Å²) < 4.78 is 0. The van der Waals surface area contributed by atoms with Crippen LogP contribution in [-0.2, 0) is 11.0 Å². The fourth-order valence-electron chi connectivity index (χ4n) is 2.86. The highest BCUT2D eigenvalue weighted by Crippen LogP contribution is 2.38. The average molecular weight is 245 g/mol. The van der Waals surface area contributed by atoms with Gasteiger partial charge in [-0.15, -0.1) is 0 Å². The van der Waals surface area contributed by atoms with Gasteiger partial charge >= 0.3 is 0 Å². The molecule has 1 nitrogen and oxygen atoms in total. The molecule has 2 N–H and O–H groups in total. The van der Waals surface area contributed by atoms with Crippen LogP contribution in [0.1, 0.15) is 64.5 Å². The Morgan fingerprint density at radius 2 is 1.78 bits per heavy atom. The molecule has 1 aliphatic carbocycles. The van der Waals surface area contributed by atoms with Crippen molar-refractivity contribution in [3.63, 3.8) is 0 Å². The van der Waals surface area contributed by atoms with Gasteiger partial charge in [0.2, 0.25) is 0 Å². The lowest BCUT2D eigenvalue weighted by Crippen LogP contribution is -2.40. The minimum Gasteiger partial charge on any atom is -0.321 e. The first-order chi connectivity index (χ1) is 8.31. The van der Waals surface area contributed by atoms with Gasteiger partial charge in [0.25, 0.3) is 0 Å². The zero-order valence-corrected chi connectivity index (χ0v) is 12.3. The Balaban J connectivity index is 2.28. The molecule has 2 rings (SSSR count). The molecule has 1 aromatic rings. The van der Waals surface area contributed by atoms with Crippen molar-refractivity contribution in [2.24, 2.45) is 11.7 Å². The molecular formula is C17H27N. The number of hydrogen-bond donors (Lipinski definition) is 1. The third kappa shape index (κ3) is 2.77. The average Bonchev–Trinajstić information content (AvgIpc) is 2.32. The zero-order chi connectivity index (χ0) is 13.4. The van der Waals surface area contributed by atoms with Crippen LogP contribution in [0, 0.1) is 5.92 Å². The topological polar surface area (TPSA) is 26.0 Å². The molecular weight excluding hydrogens is 218 g/mol. The molecule has 1 heteroatoms. The lowest BCUT2D eigenvalue weighted by Gasteiger charge is -2.37. The van der Waals surface area contributed by atoms with Gasteiger partial charge in [0.05, 0.1) is 0 Å². The van der Waals surface area contributed by atoms with Crippen LogP contribution in [-0.4, -0.2) is 0 Å². The molecule has 18 heavy (non-hydrogen) atoms. The van der Waals surface area contributed by atoms with Crippen LogP contribution in [0.4, 0.5) is 0 Å². The molecule has 1 saturated carbocycles. The molecule has 0 amide bonds. The second-order valence-electron chi connectivity index (χ2n) is 7.17. The Morgan fingerprint density at radius 1 is 1.17 bits per heavy atom. The molecule has 1 aliphatic rings. The monoisotopic (exact) mass is 245 g/mol. The van der Waals surface area contributed by atoms with E-state index in [1.807, 2.05) is 0 Å². The first-order valence-corrected chi connectivity index (χ1v) is 7.21. The number of benzene rings is 1. The largest absolute Gasteiger partial charge is 0.321 e. The van der Waals surface area contributed by atoms with E-state index in [0.29, 0.717) is 0 Å². The van der Waals surface area contributed by atoms with E-state index in [0.717, 1.165) is 18.8 Å². The summed E-state index contributed by atoms with van der Waals surface area (Å²) in [7, 11) is 0. The van der Waals surface area contributed by atoms with E-state index < -0.39 is 0 Å². The molecule has 0 unspecified atom stereocenters. The fraction of sp³-hybridized carbons (Fsp3) is 0.647. The first kappa shape index (κ1) is 13.6. The van der Waals surface area contributed by atoms with Crippen molar-refractivity contribution in [2.45, 2.75) is 64.3 Å². The third-order valence-corrected chi connectivity index (χ3v) is 4.47. The van der Waals surface area contributed by atoms with E-state index >= 15 is 0 Å². The lowest BCUT2D eigenvalue weighted by molar-refractivity contribution is 0.247. The van der Waals surface area contributed by atoms with Crippen LogP contribution in [0.2, 0.25) is 0 Å². The summed E-state index contributed by atoms with van der Waals surface area (Å²) >= 11 is 0. The Labute approximate surface area is 112 Å². The molecule has 1 aromatic carbocycles. The maximum atomic E-state index is 6.65. The zero-order valence-electron chi connectivity index (χ0n) is 12.3. The summed E-state index contributed by atoms with van der Waals surface area (Å²) in [5, 5.41) is 0. The van der Waals surface area contributed by atoms with Gasteiger partial charge in [-0.3, -0.25) is 0 Å². The maximum Gasteiger partial charge on any atom is 0.0409 e. The molecule has 0 atom stereocenters. The second-order valence-corrected chi connectivity index (χ2v) is 7.17. The van der Waals surface area contributed by atoms with E-state index in [-0.39, 0.29) is 11.0 Å². The Morgan fingerprint density at radius 3 is 2.33 bits per heavy atom. The summed E-state index contributed by atoms with van der Waals surface area (Å²) in [6, 6.07) is 8.93. The molecule has 0 saturated heterocycles. The first-order valence-electron chi connectivity index (χ1n) is 7.21. The van der Waals surface area contributed by atoms with Crippen LogP contribution in [0.25, 0.3) is 0 Å². The quantitative estimate of drug-likeness (QED) is 0.782. The molecule has 1 fully saturated rings. The Bertz CT molecular complexity index is 406. The van der Waals surface area contributed by atoms with Crippen LogP contribution in [0.15, 0.2) is 24.3 Å². The van der Waals surface area contributed by atoms with Gasteiger partial charge in [0.15, 0.2) is 0 Å². The van der Waals surface area contributed by atoms with Crippen LogP contribution in [0.5, 0.6) is 0 Å². The van der Waals surface area contributed by atoms with Crippen molar-refractivity contribution in [2.75, 3.05) is 0 Å². The van der Waals surface area contributed by atoms with Gasteiger partial charge in [-0.25, -0.2) is 0 Å². The normalized spacial score (nSPS) is 29.3. The van der Waals surface area contributed by atoms with Crippen molar-refractivity contribution in [1.29, 1.82) is 0 Å². The van der Waals surface area contributed by atoms with Crippen molar-refractivity contribution in [3.05, 3.63) is 35.4 Å². The smallest absolute Gasteiger partial charge is 0.0409 e. The van der Waals surface area contributed by atoms with E-state index in [1.54, 1.807) is 0 Å². The van der Waals surface area contributed by atoms with Crippen LogP contribution >= 0.6 is 0 Å². The van der Waals surface area contributed by atoms with Crippen LogP contribution in [0.3, 0.4) is 0 Å². The highest BCUT2D eigenvalue weighted by molar-refractivity contribution is 5.33. The van der Waals surface area contributed by atoms with Gasteiger partial charge in [-0.2, -0.15) is 0 Å². The molecule has 0 aliphatic heterocycles. The number of nitrogens with two attached hydrogens (primary N) is 1. The summed E-state index contributed by atoms with van der Waals surface area (Å²) in [6.45, 7) is 9.12. The highest BCUT2D eigenvalue weighted by Gasteiger charge is 2.32. The van der Waals surface area contributed by atoms with E-state index in [2.05, 4.69) is 52.0 Å². The van der Waals surface area contributed by atoms with Crippen molar-refractivity contribution in [1.82, 2.24) is 0 Å². The summed E-state index contributed by atoms with van der Waals surface area (Å²) in [4.78, 5) is 0. The van der Waals surface area contributed by atoms with Gasteiger partial charge in [-0.05, 0) is 48.1 Å². The van der Waals surface area contributed by atoms with Crippen molar-refractivity contribution in [3.8, 4) is 0 Å². The van der Waals surface area contributed by atoms with E-state index in [4.69, 9.17) is 5.73 Å². The lowest BCUT2D eigenvalue weighted by atomic mass is 9.73. The minimum atomic E-state index is -0.0895. The molecule has 0 bridgehead atoms. The molecule has 0 spiro atoms. The predicted molar refractivity (Wildman–Crippen MR) is 78.6 cm³/mol. The van der Waals surface area contributed by atoms with Gasteiger partial charge in [0, 0.05) is 5.54 Å². The van der Waals surface area contributed by atoms with Crippen LogP contribution < -0.4 is 5.73 Å². The second kappa shape index (κ2) is 4.70. The summed E-state index contributed by atoms with van der Waals surface area (Å²) in [6.07, 6.45) is 4.77. The Kier molecular flexibility index (Phi) is 3.55. The predicted octanol–water partition coefficient (Wildman–Crippen LogP) is 4.35. The fourth-order valence-corrected chi connectivity index (χ4v) is 2.86. The number of hydrogen-bond acceptors (Lipinski definition) is 1. The van der Waals surface area contributed by atoms with Gasteiger partial charge in [-0.1, -0.05) is 52.0 Å².